The summed E-state index contributed by atoms with van der Waals surface area (Å²) in [6.45, 7) is 2.74. The van der Waals surface area contributed by atoms with Crippen LogP contribution in [0.2, 0.25) is 0 Å². The average molecular weight is 431 g/mol. The minimum absolute atomic E-state index is 0.00977. The zero-order valence-electron chi connectivity index (χ0n) is 16.2. The van der Waals surface area contributed by atoms with Gasteiger partial charge in [0.15, 0.2) is 0 Å². The van der Waals surface area contributed by atoms with Crippen LogP contribution in [-0.2, 0) is 16.6 Å². The molecule has 2 aromatic carbocycles. The number of rotatable bonds is 8. The van der Waals surface area contributed by atoms with Crippen LogP contribution in [0.4, 0.5) is 5.69 Å². The number of hydrogen-bond acceptors (Lipinski definition) is 5. The maximum Gasteiger partial charge on any atom is 0.265 e. The first-order chi connectivity index (χ1) is 13.9. The number of anilines is 1. The highest BCUT2D eigenvalue weighted by atomic mass is 32.2. The highest BCUT2D eigenvalue weighted by Crippen LogP contribution is 2.29. The van der Waals surface area contributed by atoms with Crippen molar-refractivity contribution in [2.45, 2.75) is 18.4 Å². The van der Waals surface area contributed by atoms with Gasteiger partial charge in [-0.1, -0.05) is 30.3 Å². The molecule has 1 heterocycles. The lowest BCUT2D eigenvalue weighted by Crippen LogP contribution is -2.29. The maximum absolute atomic E-state index is 13.1. The van der Waals surface area contributed by atoms with Crippen LogP contribution in [0, 0.1) is 0 Å². The summed E-state index contributed by atoms with van der Waals surface area (Å²) in [6, 6.07) is 17.7. The molecular formula is C21H22N2O4S2. The molecule has 1 N–H and O–H groups in total. The molecule has 8 heteroatoms. The van der Waals surface area contributed by atoms with Gasteiger partial charge in [-0.15, -0.1) is 11.3 Å². The van der Waals surface area contributed by atoms with E-state index in [2.05, 4.69) is 5.32 Å². The monoisotopic (exact) mass is 430 g/mol. The lowest BCUT2D eigenvalue weighted by Gasteiger charge is -2.20. The molecule has 1 amide bonds. The maximum atomic E-state index is 13.1. The minimum Gasteiger partial charge on any atom is -0.494 e. The van der Waals surface area contributed by atoms with Gasteiger partial charge in [-0.05, 0) is 48.2 Å². The van der Waals surface area contributed by atoms with Gasteiger partial charge in [0.25, 0.3) is 15.9 Å². The van der Waals surface area contributed by atoms with Gasteiger partial charge in [-0.25, -0.2) is 8.42 Å². The van der Waals surface area contributed by atoms with Crippen molar-refractivity contribution in [3.05, 3.63) is 76.5 Å². The highest BCUT2D eigenvalue weighted by Gasteiger charge is 2.28. The largest absolute Gasteiger partial charge is 0.494 e. The third-order valence-corrected chi connectivity index (χ3v) is 7.15. The first-order valence-corrected chi connectivity index (χ1v) is 11.4. The molecule has 3 rings (SSSR count). The van der Waals surface area contributed by atoms with E-state index >= 15 is 0 Å². The first kappa shape index (κ1) is 20.9. The number of ether oxygens (including phenoxy) is 1. The molecule has 0 unspecified atom stereocenters. The number of carbonyl (C=O) groups is 1. The molecule has 0 aliphatic rings. The van der Waals surface area contributed by atoms with E-state index in [0.29, 0.717) is 24.6 Å². The Labute approximate surface area is 174 Å². The van der Waals surface area contributed by atoms with Crippen LogP contribution in [0.5, 0.6) is 5.75 Å². The van der Waals surface area contributed by atoms with Crippen LogP contribution in [0.15, 0.2) is 70.9 Å². The number of thiophene rings is 1. The van der Waals surface area contributed by atoms with E-state index < -0.39 is 15.9 Å². The molecule has 3 aromatic rings. The summed E-state index contributed by atoms with van der Waals surface area (Å²) in [6.07, 6.45) is 0. The predicted octanol–water partition coefficient (Wildman–Crippen LogP) is 3.90. The van der Waals surface area contributed by atoms with Gasteiger partial charge >= 0.3 is 0 Å². The third kappa shape index (κ3) is 4.78. The van der Waals surface area contributed by atoms with Crippen molar-refractivity contribution in [3.8, 4) is 5.75 Å². The second kappa shape index (κ2) is 9.11. The van der Waals surface area contributed by atoms with Gasteiger partial charge in [0, 0.05) is 13.6 Å². The van der Waals surface area contributed by atoms with E-state index in [-0.39, 0.29) is 9.77 Å². The van der Waals surface area contributed by atoms with Crippen LogP contribution in [0.25, 0.3) is 0 Å². The fourth-order valence-electron chi connectivity index (χ4n) is 2.73. The topological polar surface area (TPSA) is 75.7 Å². The second-order valence-electron chi connectivity index (χ2n) is 6.18. The zero-order valence-corrected chi connectivity index (χ0v) is 17.8. The van der Waals surface area contributed by atoms with Gasteiger partial charge in [0.05, 0.1) is 12.3 Å². The van der Waals surface area contributed by atoms with Crippen molar-refractivity contribution in [2.24, 2.45) is 0 Å². The number of carbonyl (C=O) groups excluding carboxylic acids is 1. The molecule has 0 saturated heterocycles. The summed E-state index contributed by atoms with van der Waals surface area (Å²) in [5.41, 5.74) is 1.42. The zero-order chi connectivity index (χ0) is 20.9. The van der Waals surface area contributed by atoms with Crippen LogP contribution in [-0.4, -0.2) is 28.0 Å². The van der Waals surface area contributed by atoms with Crippen LogP contribution >= 0.6 is 11.3 Å². The van der Waals surface area contributed by atoms with Crippen LogP contribution in [0.3, 0.4) is 0 Å². The van der Waals surface area contributed by atoms with Crippen molar-refractivity contribution in [1.29, 1.82) is 0 Å². The van der Waals surface area contributed by atoms with Crippen LogP contribution < -0.4 is 14.4 Å². The number of nitrogens with one attached hydrogen (secondary N) is 1. The summed E-state index contributed by atoms with van der Waals surface area (Å²) in [7, 11) is -2.42. The Hall–Kier alpha value is -2.84. The normalized spacial score (nSPS) is 11.1. The van der Waals surface area contributed by atoms with Crippen molar-refractivity contribution >= 4 is 33.0 Å². The summed E-state index contributed by atoms with van der Waals surface area (Å²) in [5, 5.41) is 4.39. The third-order valence-electron chi connectivity index (χ3n) is 4.28. The molecule has 0 bridgehead atoms. The summed E-state index contributed by atoms with van der Waals surface area (Å²) in [4.78, 5) is 12.8. The molecule has 152 valence electrons. The molecular weight excluding hydrogens is 408 g/mol. The number of benzene rings is 2. The van der Waals surface area contributed by atoms with E-state index in [9.17, 15) is 13.2 Å². The Morgan fingerprint density at radius 1 is 1.07 bits per heavy atom. The average Bonchev–Trinajstić information content (AvgIpc) is 3.24. The molecule has 29 heavy (non-hydrogen) atoms. The molecule has 0 saturated carbocycles. The highest BCUT2D eigenvalue weighted by molar-refractivity contribution is 7.93. The number of hydrogen-bond donors (Lipinski definition) is 1. The van der Waals surface area contributed by atoms with E-state index in [0.717, 1.165) is 16.9 Å². The lowest BCUT2D eigenvalue weighted by molar-refractivity contribution is 0.0952. The Morgan fingerprint density at radius 2 is 1.76 bits per heavy atom. The van der Waals surface area contributed by atoms with Crippen molar-refractivity contribution in [1.82, 2.24) is 5.32 Å². The van der Waals surface area contributed by atoms with E-state index in [1.54, 1.807) is 29.6 Å². The quantitative estimate of drug-likeness (QED) is 0.588. The standard InChI is InChI=1S/C21H22N2O4S2/c1-3-27-18-11-9-17(10-12-18)23(2)29(25,26)19-13-14-28-20(19)21(24)22-15-16-7-5-4-6-8-16/h4-14H,3,15H2,1-2H3,(H,22,24). The molecule has 0 aliphatic carbocycles. The van der Waals surface area contributed by atoms with Gasteiger partial charge in [-0.3, -0.25) is 9.10 Å². The number of nitrogens with zero attached hydrogens (tertiary/aromatic N) is 1. The molecule has 0 atom stereocenters. The van der Waals surface area contributed by atoms with Crippen LogP contribution in [0.1, 0.15) is 22.2 Å². The van der Waals surface area contributed by atoms with E-state index in [1.165, 1.54) is 17.4 Å². The fourth-order valence-corrected chi connectivity index (χ4v) is 5.24. The summed E-state index contributed by atoms with van der Waals surface area (Å²) in [5.74, 6) is 0.251. The smallest absolute Gasteiger partial charge is 0.265 e. The Kier molecular flexibility index (Phi) is 6.56. The first-order valence-electron chi connectivity index (χ1n) is 9.05. The molecule has 0 fully saturated rings. The number of amides is 1. The second-order valence-corrected chi connectivity index (χ2v) is 9.04. The Balaban J connectivity index is 1.79. The fraction of sp³-hybridized carbons (Fsp3) is 0.190. The van der Waals surface area contributed by atoms with E-state index in [4.69, 9.17) is 4.74 Å². The minimum atomic E-state index is -3.89. The summed E-state index contributed by atoms with van der Waals surface area (Å²) >= 11 is 1.10. The van der Waals surface area contributed by atoms with Gasteiger partial charge in [0.2, 0.25) is 0 Å². The van der Waals surface area contributed by atoms with Crippen molar-refractivity contribution in [3.63, 3.8) is 0 Å². The number of sulfonamides is 1. The molecule has 1 aromatic heterocycles. The van der Waals surface area contributed by atoms with Crippen molar-refractivity contribution in [2.75, 3.05) is 18.0 Å². The van der Waals surface area contributed by atoms with Gasteiger partial charge in [-0.2, -0.15) is 0 Å². The SMILES string of the molecule is CCOc1ccc(N(C)S(=O)(=O)c2ccsc2C(=O)NCc2ccccc2)cc1. The molecule has 0 radical (unpaired) electrons. The molecule has 0 aliphatic heterocycles. The predicted molar refractivity (Wildman–Crippen MR) is 115 cm³/mol. The molecule has 6 nitrogen and oxygen atoms in total. The van der Waals surface area contributed by atoms with E-state index in [1.807, 2.05) is 37.3 Å². The van der Waals surface area contributed by atoms with Crippen molar-refractivity contribution < 1.29 is 17.9 Å². The van der Waals surface area contributed by atoms with Gasteiger partial charge < -0.3 is 10.1 Å². The Bertz CT molecular complexity index is 1060. The molecule has 0 spiro atoms. The van der Waals surface area contributed by atoms with Gasteiger partial charge in [0.1, 0.15) is 15.5 Å². The lowest BCUT2D eigenvalue weighted by atomic mass is 10.2. The summed E-state index contributed by atoms with van der Waals surface area (Å²) < 4.78 is 32.8. The Morgan fingerprint density at radius 3 is 2.41 bits per heavy atom.